The number of anilines is 1. The smallest absolute Gasteiger partial charge is 0.230 e. The van der Waals surface area contributed by atoms with Gasteiger partial charge in [-0.25, -0.2) is 0 Å². The topological polar surface area (TPSA) is 187 Å². The SMILES string of the molecule is CN(C)C1C(O)C(C(N)=O)C(=O)C2(O)C(=O)C3=C(O)c4c(O)ccc(N)c4CC3CC12. The predicted octanol–water partition coefficient (Wildman–Crippen LogP) is -1.29. The third-order valence-corrected chi connectivity index (χ3v) is 7.01. The summed E-state index contributed by atoms with van der Waals surface area (Å²) >= 11 is 0. The molecule has 166 valence electrons. The molecule has 10 nitrogen and oxygen atoms in total. The minimum Gasteiger partial charge on any atom is -0.507 e. The van der Waals surface area contributed by atoms with Crippen LogP contribution in [0, 0.1) is 17.8 Å². The van der Waals surface area contributed by atoms with Gasteiger partial charge in [0.05, 0.1) is 11.7 Å². The van der Waals surface area contributed by atoms with Crippen LogP contribution >= 0.6 is 0 Å². The second-order valence-corrected chi connectivity index (χ2v) is 8.82. The first-order chi connectivity index (χ1) is 14.4. The highest BCUT2D eigenvalue weighted by Gasteiger charge is 2.67. The van der Waals surface area contributed by atoms with Crippen molar-refractivity contribution in [1.82, 2.24) is 4.90 Å². The fourth-order valence-corrected chi connectivity index (χ4v) is 5.63. The Morgan fingerprint density at radius 3 is 2.45 bits per heavy atom. The van der Waals surface area contributed by atoms with Gasteiger partial charge in [-0.15, -0.1) is 0 Å². The molecule has 0 heterocycles. The number of fused-ring (bicyclic) bond motifs is 3. The number of amides is 1. The van der Waals surface area contributed by atoms with Crippen molar-refractivity contribution in [2.24, 2.45) is 23.5 Å². The van der Waals surface area contributed by atoms with E-state index in [1.165, 1.54) is 12.1 Å². The van der Waals surface area contributed by atoms with Crippen LogP contribution in [-0.4, -0.2) is 74.6 Å². The number of primary amides is 1. The van der Waals surface area contributed by atoms with E-state index in [4.69, 9.17) is 11.5 Å². The van der Waals surface area contributed by atoms with E-state index in [2.05, 4.69) is 0 Å². The zero-order valence-corrected chi connectivity index (χ0v) is 17.1. The predicted molar refractivity (Wildman–Crippen MR) is 108 cm³/mol. The normalized spacial score (nSPS) is 34.9. The first-order valence-electron chi connectivity index (χ1n) is 9.92. The quantitative estimate of drug-likeness (QED) is 0.188. The molecule has 4 rings (SSSR count). The van der Waals surface area contributed by atoms with Crippen LogP contribution in [0.15, 0.2) is 17.7 Å². The number of benzene rings is 1. The molecule has 31 heavy (non-hydrogen) atoms. The van der Waals surface area contributed by atoms with Crippen molar-refractivity contribution in [2.75, 3.05) is 19.8 Å². The maximum Gasteiger partial charge on any atom is 0.230 e. The van der Waals surface area contributed by atoms with Gasteiger partial charge in [-0.05, 0) is 50.6 Å². The summed E-state index contributed by atoms with van der Waals surface area (Å²) in [6, 6.07) is 1.85. The molecule has 8 N–H and O–H groups in total. The number of phenols is 1. The average molecular weight is 431 g/mol. The number of Topliss-reactive ketones (excluding diaryl/α,β-unsaturated/α-hetero) is 2. The molecule has 1 aromatic carbocycles. The maximum atomic E-state index is 13.5. The van der Waals surface area contributed by atoms with Crippen LogP contribution in [0.3, 0.4) is 0 Å². The lowest BCUT2D eigenvalue weighted by Crippen LogP contribution is -2.73. The van der Waals surface area contributed by atoms with E-state index < -0.39 is 58.7 Å². The van der Waals surface area contributed by atoms with Crippen LogP contribution in [0.5, 0.6) is 5.75 Å². The number of nitrogen functional groups attached to an aromatic ring is 1. The third-order valence-electron chi connectivity index (χ3n) is 7.01. The largest absolute Gasteiger partial charge is 0.507 e. The van der Waals surface area contributed by atoms with Crippen molar-refractivity contribution in [3.63, 3.8) is 0 Å². The number of nitrogens with two attached hydrogens (primary N) is 2. The number of aliphatic hydroxyl groups excluding tert-OH is 2. The van der Waals surface area contributed by atoms with E-state index in [-0.39, 0.29) is 29.7 Å². The molecule has 1 amide bonds. The Balaban J connectivity index is 1.93. The van der Waals surface area contributed by atoms with Crippen molar-refractivity contribution in [3.8, 4) is 5.75 Å². The Kier molecular flexibility index (Phi) is 4.65. The summed E-state index contributed by atoms with van der Waals surface area (Å²) in [6.07, 6.45) is -1.26. The lowest BCUT2D eigenvalue weighted by molar-refractivity contribution is -0.184. The molecule has 3 aliphatic carbocycles. The summed E-state index contributed by atoms with van der Waals surface area (Å²) in [4.78, 5) is 40.2. The Bertz CT molecular complexity index is 1050. The van der Waals surface area contributed by atoms with Crippen molar-refractivity contribution in [2.45, 2.75) is 30.6 Å². The van der Waals surface area contributed by atoms with Gasteiger partial charge in [0.1, 0.15) is 17.4 Å². The number of hydrogen-bond donors (Lipinski definition) is 6. The lowest BCUT2D eigenvalue weighted by Gasteiger charge is -2.53. The third kappa shape index (κ3) is 2.65. The Morgan fingerprint density at radius 2 is 1.87 bits per heavy atom. The van der Waals surface area contributed by atoms with Gasteiger partial charge >= 0.3 is 0 Å². The number of nitrogens with zero attached hydrogens (tertiary/aromatic N) is 1. The number of carbonyl (C=O) groups is 3. The number of ketones is 2. The number of likely N-dealkylation sites (N-methyl/N-ethyl adjacent to an activating group) is 1. The highest BCUT2D eigenvalue weighted by molar-refractivity contribution is 6.25. The second-order valence-electron chi connectivity index (χ2n) is 8.82. The Hall–Kier alpha value is -2.95. The number of hydrogen-bond acceptors (Lipinski definition) is 9. The summed E-state index contributed by atoms with van der Waals surface area (Å²) in [5.74, 6) is -7.65. The molecule has 6 unspecified atom stereocenters. The number of phenolic OH excluding ortho intramolecular Hbond substituents is 1. The summed E-state index contributed by atoms with van der Waals surface area (Å²) in [7, 11) is 3.20. The fourth-order valence-electron chi connectivity index (χ4n) is 5.63. The van der Waals surface area contributed by atoms with Crippen molar-refractivity contribution in [3.05, 3.63) is 28.8 Å². The van der Waals surface area contributed by atoms with Crippen molar-refractivity contribution < 1.29 is 34.8 Å². The van der Waals surface area contributed by atoms with Gasteiger partial charge < -0.3 is 36.8 Å². The molecule has 3 aliphatic rings. The number of aromatic hydroxyl groups is 1. The molecule has 2 saturated carbocycles. The highest BCUT2D eigenvalue weighted by Crippen LogP contribution is 2.52. The molecule has 10 heteroatoms. The standard InChI is InChI=1S/C21H25N3O7/c1-24(2)15-9-6-7-5-8-10(22)3-4-11(25)13(8)16(26)12(7)18(28)21(9,31)19(29)14(17(15)27)20(23)30/h3-4,7,9,14-15,17,25-27,31H,5-6,22H2,1-2H3,(H2,23,30). The first-order valence-corrected chi connectivity index (χ1v) is 9.92. The van der Waals surface area contributed by atoms with E-state index in [0.29, 0.717) is 11.3 Å². The fraction of sp³-hybridized carbons (Fsp3) is 0.476. The molecule has 1 aromatic rings. The number of rotatable bonds is 2. The van der Waals surface area contributed by atoms with Crippen LogP contribution in [0.4, 0.5) is 5.69 Å². The van der Waals surface area contributed by atoms with Crippen LogP contribution in [-0.2, 0) is 20.8 Å². The average Bonchev–Trinajstić information content (AvgIpc) is 2.67. The van der Waals surface area contributed by atoms with Gasteiger partial charge in [-0.2, -0.15) is 0 Å². The molecule has 0 spiro atoms. The first kappa shape index (κ1) is 21.3. The van der Waals surface area contributed by atoms with Gasteiger partial charge in [0.25, 0.3) is 0 Å². The van der Waals surface area contributed by atoms with Crippen LogP contribution in [0.25, 0.3) is 5.76 Å². The van der Waals surface area contributed by atoms with Gasteiger partial charge in [-0.3, -0.25) is 14.4 Å². The van der Waals surface area contributed by atoms with E-state index in [1.807, 2.05) is 0 Å². The molecule has 6 atom stereocenters. The van der Waals surface area contributed by atoms with E-state index in [9.17, 15) is 34.8 Å². The summed E-state index contributed by atoms with van der Waals surface area (Å²) in [5, 5.41) is 43.3. The highest BCUT2D eigenvalue weighted by atomic mass is 16.3. The minimum absolute atomic E-state index is 0.0134. The molecular formula is C21H25N3O7. The summed E-state index contributed by atoms with van der Waals surface area (Å²) in [5.41, 5.74) is 9.27. The Labute approximate surface area is 177 Å². The van der Waals surface area contributed by atoms with E-state index >= 15 is 0 Å². The summed E-state index contributed by atoms with van der Waals surface area (Å²) in [6.45, 7) is 0. The summed E-state index contributed by atoms with van der Waals surface area (Å²) < 4.78 is 0. The molecule has 0 bridgehead atoms. The number of aliphatic hydroxyl groups is 3. The van der Waals surface area contributed by atoms with Crippen molar-refractivity contribution >= 4 is 28.9 Å². The molecule has 0 saturated heterocycles. The molecule has 0 aromatic heterocycles. The van der Waals surface area contributed by atoms with Crippen LogP contribution in [0.1, 0.15) is 17.5 Å². The number of carbonyl (C=O) groups excluding carboxylic acids is 3. The van der Waals surface area contributed by atoms with Gasteiger partial charge in [0, 0.05) is 23.2 Å². The Morgan fingerprint density at radius 1 is 1.23 bits per heavy atom. The van der Waals surface area contributed by atoms with Crippen molar-refractivity contribution in [1.29, 1.82) is 0 Å². The van der Waals surface area contributed by atoms with E-state index in [1.54, 1.807) is 19.0 Å². The monoisotopic (exact) mass is 431 g/mol. The molecule has 0 aliphatic heterocycles. The lowest BCUT2D eigenvalue weighted by atomic mass is 9.54. The molecule has 2 fully saturated rings. The van der Waals surface area contributed by atoms with Crippen LogP contribution < -0.4 is 11.5 Å². The molecule has 0 radical (unpaired) electrons. The zero-order valence-electron chi connectivity index (χ0n) is 17.1. The van der Waals surface area contributed by atoms with Gasteiger partial charge in [0.2, 0.25) is 11.7 Å². The second kappa shape index (κ2) is 6.78. The zero-order chi connectivity index (χ0) is 23.0. The maximum absolute atomic E-state index is 13.5. The minimum atomic E-state index is -2.65. The van der Waals surface area contributed by atoms with E-state index in [0.717, 1.165) is 0 Å². The molecular weight excluding hydrogens is 406 g/mol. The van der Waals surface area contributed by atoms with Crippen LogP contribution in [0.2, 0.25) is 0 Å². The van der Waals surface area contributed by atoms with Gasteiger partial charge in [0.15, 0.2) is 11.4 Å². The van der Waals surface area contributed by atoms with Gasteiger partial charge in [-0.1, -0.05) is 0 Å².